The number of aryl methyl sites for hydroxylation is 1. The van der Waals surface area contributed by atoms with Crippen LogP contribution in [0, 0.1) is 0 Å². The molecule has 2 nitrogen and oxygen atoms in total. The lowest BCUT2D eigenvalue weighted by atomic mass is 9.75. The van der Waals surface area contributed by atoms with E-state index in [4.69, 9.17) is 0 Å². The van der Waals surface area contributed by atoms with Gasteiger partial charge in [-0.05, 0) is 48.2 Å². The van der Waals surface area contributed by atoms with E-state index >= 15 is 0 Å². The van der Waals surface area contributed by atoms with Crippen LogP contribution in [0.2, 0.25) is 0 Å². The Hall–Kier alpha value is -2.48. The van der Waals surface area contributed by atoms with E-state index in [1.807, 2.05) is 12.1 Å². The summed E-state index contributed by atoms with van der Waals surface area (Å²) < 4.78 is 2.31. The lowest BCUT2D eigenvalue weighted by Crippen LogP contribution is -2.20. The fourth-order valence-electron chi connectivity index (χ4n) is 4.54. The summed E-state index contributed by atoms with van der Waals surface area (Å²) in [7, 11) is 2.15. The molecular formula is C20H17NO. The molecular weight excluding hydrogens is 270 g/mol. The first kappa shape index (κ1) is 12.1. The number of benzene rings is 2. The first-order valence-corrected chi connectivity index (χ1v) is 7.79. The van der Waals surface area contributed by atoms with Gasteiger partial charge in [0.2, 0.25) is 0 Å². The summed E-state index contributed by atoms with van der Waals surface area (Å²) in [6.45, 7) is 0. The molecule has 0 saturated carbocycles. The number of nitrogens with zero attached hydrogens (tertiary/aromatic N) is 1. The SMILES string of the molecule is Cn1c2c(c3ccccc31)C1(CC=CC1)c1cc(O)ccc1-2. The van der Waals surface area contributed by atoms with E-state index in [9.17, 15) is 5.11 Å². The third kappa shape index (κ3) is 1.22. The maximum Gasteiger partial charge on any atom is 0.115 e. The van der Waals surface area contributed by atoms with Crippen molar-refractivity contribution in [2.24, 2.45) is 7.05 Å². The molecule has 3 aromatic rings. The maximum atomic E-state index is 10.0. The minimum Gasteiger partial charge on any atom is -0.508 e. The van der Waals surface area contributed by atoms with Gasteiger partial charge < -0.3 is 9.67 Å². The van der Waals surface area contributed by atoms with Crippen molar-refractivity contribution >= 4 is 10.9 Å². The van der Waals surface area contributed by atoms with Crippen LogP contribution >= 0.6 is 0 Å². The fourth-order valence-corrected chi connectivity index (χ4v) is 4.54. The number of aromatic hydroxyl groups is 1. The Morgan fingerprint density at radius 3 is 2.64 bits per heavy atom. The van der Waals surface area contributed by atoms with E-state index in [0.29, 0.717) is 5.75 Å². The number of aromatic nitrogens is 1. The number of fused-ring (bicyclic) bond motifs is 7. The fraction of sp³-hybridized carbons (Fsp3) is 0.200. The van der Waals surface area contributed by atoms with Crippen molar-refractivity contribution in [3.8, 4) is 17.0 Å². The Morgan fingerprint density at radius 1 is 1.05 bits per heavy atom. The van der Waals surface area contributed by atoms with Crippen molar-refractivity contribution in [3.63, 3.8) is 0 Å². The number of rotatable bonds is 0. The molecule has 1 heterocycles. The molecule has 0 unspecified atom stereocenters. The van der Waals surface area contributed by atoms with Gasteiger partial charge in [-0.3, -0.25) is 0 Å². The molecule has 0 fully saturated rings. The van der Waals surface area contributed by atoms with E-state index < -0.39 is 0 Å². The van der Waals surface area contributed by atoms with Crippen LogP contribution in [0.15, 0.2) is 54.6 Å². The minimum atomic E-state index is 0.00424. The predicted octanol–water partition coefficient (Wildman–Crippen LogP) is 4.50. The van der Waals surface area contributed by atoms with Gasteiger partial charge in [0.25, 0.3) is 0 Å². The topological polar surface area (TPSA) is 25.2 Å². The zero-order valence-electron chi connectivity index (χ0n) is 12.5. The van der Waals surface area contributed by atoms with Crippen LogP contribution in [-0.2, 0) is 12.5 Å². The standard InChI is InChI=1S/C20H17NO/c1-21-17-7-3-2-6-15(17)18-19(21)14-9-8-13(22)12-16(14)20(18)10-4-5-11-20/h2-9,12,22H,10-11H2,1H3. The summed E-state index contributed by atoms with van der Waals surface area (Å²) >= 11 is 0. The van der Waals surface area contributed by atoms with Crippen molar-refractivity contribution in [2.75, 3.05) is 0 Å². The average molecular weight is 287 g/mol. The molecule has 2 heteroatoms. The summed E-state index contributed by atoms with van der Waals surface area (Å²) in [6, 6.07) is 14.5. The van der Waals surface area contributed by atoms with Crippen LogP contribution in [0.4, 0.5) is 0 Å². The summed E-state index contributed by atoms with van der Waals surface area (Å²) in [5.74, 6) is 0.363. The second-order valence-electron chi connectivity index (χ2n) is 6.49. The highest BCUT2D eigenvalue weighted by Crippen LogP contribution is 2.58. The van der Waals surface area contributed by atoms with Gasteiger partial charge in [-0.2, -0.15) is 0 Å². The van der Waals surface area contributed by atoms with Gasteiger partial charge in [0, 0.05) is 28.9 Å². The molecule has 2 aliphatic rings. The molecule has 108 valence electrons. The molecule has 2 aliphatic carbocycles. The Morgan fingerprint density at radius 2 is 1.82 bits per heavy atom. The van der Waals surface area contributed by atoms with Crippen molar-refractivity contribution in [2.45, 2.75) is 18.3 Å². The van der Waals surface area contributed by atoms with Crippen molar-refractivity contribution in [1.29, 1.82) is 0 Å². The third-order valence-corrected chi connectivity index (χ3v) is 5.46. The normalized spacial score (nSPS) is 17.3. The number of phenols is 1. The van der Waals surface area contributed by atoms with Gasteiger partial charge in [0.1, 0.15) is 5.75 Å². The van der Waals surface area contributed by atoms with Crippen molar-refractivity contribution < 1.29 is 5.11 Å². The number of phenolic OH excluding ortho intramolecular Hbond substituents is 1. The lowest BCUT2D eigenvalue weighted by Gasteiger charge is -2.26. The van der Waals surface area contributed by atoms with Gasteiger partial charge in [-0.15, -0.1) is 0 Å². The summed E-state index contributed by atoms with van der Waals surface area (Å²) in [4.78, 5) is 0. The minimum absolute atomic E-state index is 0.00424. The van der Waals surface area contributed by atoms with E-state index in [1.54, 1.807) is 0 Å². The Kier molecular flexibility index (Phi) is 2.11. The van der Waals surface area contributed by atoms with Gasteiger partial charge in [0.15, 0.2) is 0 Å². The molecule has 0 aliphatic heterocycles. The summed E-state index contributed by atoms with van der Waals surface area (Å²) in [5, 5.41) is 11.4. The van der Waals surface area contributed by atoms with Crippen LogP contribution in [0.1, 0.15) is 24.0 Å². The molecule has 1 spiro atoms. The van der Waals surface area contributed by atoms with E-state index in [-0.39, 0.29) is 5.41 Å². The van der Waals surface area contributed by atoms with E-state index in [0.717, 1.165) is 12.8 Å². The lowest BCUT2D eigenvalue weighted by molar-refractivity contribution is 0.471. The monoisotopic (exact) mass is 287 g/mol. The molecule has 0 radical (unpaired) electrons. The summed E-state index contributed by atoms with van der Waals surface area (Å²) in [5.41, 5.74) is 6.61. The number of hydrogen-bond acceptors (Lipinski definition) is 1. The van der Waals surface area contributed by atoms with E-state index in [2.05, 4.69) is 54.1 Å². The predicted molar refractivity (Wildman–Crippen MR) is 89.2 cm³/mol. The van der Waals surface area contributed by atoms with Gasteiger partial charge in [-0.1, -0.05) is 30.4 Å². The number of allylic oxidation sites excluding steroid dienone is 2. The first-order chi connectivity index (χ1) is 10.7. The largest absolute Gasteiger partial charge is 0.508 e. The quantitative estimate of drug-likeness (QED) is 0.605. The Balaban J connectivity index is 1.98. The van der Waals surface area contributed by atoms with Crippen LogP contribution in [0.3, 0.4) is 0 Å². The van der Waals surface area contributed by atoms with Gasteiger partial charge in [0.05, 0.1) is 5.69 Å². The molecule has 0 saturated heterocycles. The van der Waals surface area contributed by atoms with Gasteiger partial charge in [-0.25, -0.2) is 0 Å². The first-order valence-electron chi connectivity index (χ1n) is 7.79. The molecule has 0 atom stereocenters. The molecule has 1 N–H and O–H groups in total. The second kappa shape index (κ2) is 3.83. The third-order valence-electron chi connectivity index (χ3n) is 5.46. The zero-order chi connectivity index (χ0) is 14.9. The van der Waals surface area contributed by atoms with Crippen LogP contribution < -0.4 is 0 Å². The smallest absolute Gasteiger partial charge is 0.115 e. The molecule has 22 heavy (non-hydrogen) atoms. The van der Waals surface area contributed by atoms with Crippen LogP contribution in [-0.4, -0.2) is 9.67 Å². The van der Waals surface area contributed by atoms with Crippen LogP contribution in [0.5, 0.6) is 5.75 Å². The molecule has 1 aromatic heterocycles. The van der Waals surface area contributed by atoms with E-state index in [1.165, 1.54) is 33.3 Å². The van der Waals surface area contributed by atoms with Gasteiger partial charge >= 0.3 is 0 Å². The number of hydrogen-bond donors (Lipinski definition) is 1. The highest BCUT2D eigenvalue weighted by molar-refractivity contribution is 5.98. The number of para-hydroxylation sites is 1. The molecule has 5 rings (SSSR count). The van der Waals surface area contributed by atoms with Crippen molar-refractivity contribution in [3.05, 3.63) is 65.7 Å². The highest BCUT2D eigenvalue weighted by atomic mass is 16.3. The Labute approximate surface area is 129 Å². The van der Waals surface area contributed by atoms with Crippen LogP contribution in [0.25, 0.3) is 22.2 Å². The second-order valence-corrected chi connectivity index (χ2v) is 6.49. The molecule has 0 bridgehead atoms. The molecule has 2 aromatic carbocycles. The molecule has 0 amide bonds. The highest BCUT2D eigenvalue weighted by Gasteiger charge is 2.46. The zero-order valence-corrected chi connectivity index (χ0v) is 12.5. The average Bonchev–Trinajstić information content (AvgIpc) is 3.19. The Bertz CT molecular complexity index is 953. The summed E-state index contributed by atoms with van der Waals surface area (Å²) in [6.07, 6.45) is 6.60. The van der Waals surface area contributed by atoms with Crippen molar-refractivity contribution in [1.82, 2.24) is 4.57 Å². The maximum absolute atomic E-state index is 10.0.